The summed E-state index contributed by atoms with van der Waals surface area (Å²) >= 11 is 5.75. The van der Waals surface area contributed by atoms with Crippen LogP contribution >= 0.6 is 11.6 Å². The Hall–Kier alpha value is -2.87. The van der Waals surface area contributed by atoms with Crippen LogP contribution in [0.2, 0.25) is 5.02 Å². The molecule has 5 nitrogen and oxygen atoms in total. The summed E-state index contributed by atoms with van der Waals surface area (Å²) in [7, 11) is 1.34. The van der Waals surface area contributed by atoms with Gasteiger partial charge in [-0.15, -0.1) is 0 Å². The second-order valence-corrected chi connectivity index (χ2v) is 6.71. The number of para-hydroxylation sites is 1. The molecule has 0 spiro atoms. The molecular formula is C20H18ClF3N2O3. The first-order valence-corrected chi connectivity index (χ1v) is 8.94. The van der Waals surface area contributed by atoms with Gasteiger partial charge in [0.1, 0.15) is 0 Å². The molecule has 0 aliphatic heterocycles. The van der Waals surface area contributed by atoms with Gasteiger partial charge in [0.05, 0.1) is 17.8 Å². The fraction of sp³-hybridized carbons (Fsp3) is 0.250. The van der Waals surface area contributed by atoms with Crippen LogP contribution in [-0.2, 0) is 15.8 Å². The maximum absolute atomic E-state index is 13.0. The maximum atomic E-state index is 13.0. The van der Waals surface area contributed by atoms with E-state index in [0.717, 1.165) is 17.0 Å². The molecule has 0 atom stereocenters. The van der Waals surface area contributed by atoms with Crippen molar-refractivity contribution in [1.29, 1.82) is 0 Å². The normalized spacial score (nSPS) is 11.1. The zero-order chi connectivity index (χ0) is 21.6. The predicted octanol–water partition coefficient (Wildman–Crippen LogP) is 4.42. The molecule has 0 saturated heterocycles. The van der Waals surface area contributed by atoms with E-state index >= 15 is 0 Å². The van der Waals surface area contributed by atoms with Crippen molar-refractivity contribution in [2.75, 3.05) is 18.9 Å². The number of hydrogen-bond acceptors (Lipinski definition) is 3. The van der Waals surface area contributed by atoms with E-state index in [9.17, 15) is 27.6 Å². The van der Waals surface area contributed by atoms with Gasteiger partial charge in [-0.3, -0.25) is 14.4 Å². The molecule has 0 bridgehead atoms. The number of likely N-dealkylation sites (N-methyl/N-ethyl adjacent to an activating group) is 1. The summed E-state index contributed by atoms with van der Waals surface area (Å²) in [4.78, 5) is 37.3. The van der Waals surface area contributed by atoms with E-state index in [4.69, 9.17) is 11.6 Å². The lowest BCUT2D eigenvalue weighted by Gasteiger charge is -2.18. The van der Waals surface area contributed by atoms with Gasteiger partial charge in [-0.25, -0.2) is 0 Å². The van der Waals surface area contributed by atoms with Gasteiger partial charge in [0.2, 0.25) is 11.8 Å². The van der Waals surface area contributed by atoms with Crippen LogP contribution in [0.15, 0.2) is 48.5 Å². The monoisotopic (exact) mass is 426 g/mol. The number of alkyl halides is 3. The minimum absolute atomic E-state index is 0.0661. The van der Waals surface area contributed by atoms with Crippen molar-refractivity contribution in [1.82, 2.24) is 4.90 Å². The van der Waals surface area contributed by atoms with E-state index in [1.54, 1.807) is 24.3 Å². The summed E-state index contributed by atoms with van der Waals surface area (Å²) in [5.74, 6) is -1.51. The number of benzene rings is 2. The highest BCUT2D eigenvalue weighted by molar-refractivity contribution is 6.30. The molecule has 0 radical (unpaired) electrons. The summed E-state index contributed by atoms with van der Waals surface area (Å²) in [6, 6.07) is 10.8. The third kappa shape index (κ3) is 6.60. The lowest BCUT2D eigenvalue weighted by atomic mass is 10.1. The van der Waals surface area contributed by atoms with Gasteiger partial charge in [-0.05, 0) is 36.4 Å². The number of ketones is 1. The zero-order valence-electron chi connectivity index (χ0n) is 15.4. The van der Waals surface area contributed by atoms with Crippen LogP contribution in [0.5, 0.6) is 0 Å². The molecule has 2 aromatic rings. The molecule has 0 saturated carbocycles. The molecule has 0 aliphatic rings. The Balaban J connectivity index is 1.88. The van der Waals surface area contributed by atoms with E-state index in [-0.39, 0.29) is 24.3 Å². The van der Waals surface area contributed by atoms with Crippen LogP contribution in [0.1, 0.15) is 28.8 Å². The van der Waals surface area contributed by atoms with Crippen molar-refractivity contribution in [2.24, 2.45) is 0 Å². The predicted molar refractivity (Wildman–Crippen MR) is 103 cm³/mol. The Morgan fingerprint density at radius 3 is 2.24 bits per heavy atom. The van der Waals surface area contributed by atoms with Crippen LogP contribution in [0, 0.1) is 0 Å². The molecule has 2 rings (SSSR count). The third-order valence-electron chi connectivity index (χ3n) is 4.05. The molecule has 2 amide bonds. The Morgan fingerprint density at radius 1 is 1.00 bits per heavy atom. The average Bonchev–Trinajstić information content (AvgIpc) is 2.65. The third-order valence-corrected chi connectivity index (χ3v) is 4.30. The summed E-state index contributed by atoms with van der Waals surface area (Å²) < 4.78 is 38.9. The number of carbonyl (C=O) groups excluding carboxylic acids is 3. The Morgan fingerprint density at radius 2 is 1.62 bits per heavy atom. The van der Waals surface area contributed by atoms with Crippen LogP contribution in [0.3, 0.4) is 0 Å². The summed E-state index contributed by atoms with van der Waals surface area (Å²) in [5.41, 5.74) is -0.953. The van der Waals surface area contributed by atoms with Crippen molar-refractivity contribution in [2.45, 2.75) is 19.0 Å². The first-order chi connectivity index (χ1) is 13.6. The zero-order valence-corrected chi connectivity index (χ0v) is 16.2. The molecule has 0 fully saturated rings. The SMILES string of the molecule is CN(CC(=O)Nc1ccccc1C(F)(F)F)C(=O)CCC(=O)c1ccc(Cl)cc1. The van der Waals surface area contributed by atoms with E-state index in [1.165, 1.54) is 19.2 Å². The second-order valence-electron chi connectivity index (χ2n) is 6.27. The van der Waals surface area contributed by atoms with Gasteiger partial charge >= 0.3 is 6.18 Å². The van der Waals surface area contributed by atoms with Crippen molar-refractivity contribution in [3.05, 3.63) is 64.7 Å². The highest BCUT2D eigenvalue weighted by Gasteiger charge is 2.33. The molecule has 0 unspecified atom stereocenters. The summed E-state index contributed by atoms with van der Waals surface area (Å²) in [6.07, 6.45) is -4.82. The van der Waals surface area contributed by atoms with Crippen LogP contribution in [-0.4, -0.2) is 36.1 Å². The Kier molecular flexibility index (Phi) is 7.39. The fourth-order valence-electron chi connectivity index (χ4n) is 2.52. The largest absolute Gasteiger partial charge is 0.418 e. The number of amides is 2. The minimum Gasteiger partial charge on any atom is -0.336 e. The van der Waals surface area contributed by atoms with Crippen molar-refractivity contribution < 1.29 is 27.6 Å². The van der Waals surface area contributed by atoms with E-state index < -0.39 is 30.1 Å². The number of anilines is 1. The maximum Gasteiger partial charge on any atom is 0.418 e. The van der Waals surface area contributed by atoms with Crippen molar-refractivity contribution in [3.8, 4) is 0 Å². The number of halogens is 4. The van der Waals surface area contributed by atoms with Gasteiger partial charge in [-0.2, -0.15) is 13.2 Å². The smallest absolute Gasteiger partial charge is 0.336 e. The number of carbonyl (C=O) groups is 3. The molecule has 0 aromatic heterocycles. The van der Waals surface area contributed by atoms with E-state index in [0.29, 0.717) is 10.6 Å². The standard InChI is InChI=1S/C20H18ClF3N2O3/c1-26(19(29)11-10-17(27)13-6-8-14(21)9-7-13)12-18(28)25-16-5-3-2-4-15(16)20(22,23)24/h2-9H,10-12H2,1H3,(H,25,28). The lowest BCUT2D eigenvalue weighted by Crippen LogP contribution is -2.35. The van der Waals surface area contributed by atoms with Gasteiger partial charge in [0.25, 0.3) is 0 Å². The number of Topliss-reactive ketones (excluding diaryl/α,β-unsaturated/α-hetero) is 1. The van der Waals surface area contributed by atoms with Crippen LogP contribution in [0.4, 0.5) is 18.9 Å². The second kappa shape index (κ2) is 9.56. The topological polar surface area (TPSA) is 66.5 Å². The molecule has 1 N–H and O–H groups in total. The van der Waals surface area contributed by atoms with Gasteiger partial charge in [0.15, 0.2) is 5.78 Å². The number of nitrogens with zero attached hydrogens (tertiary/aromatic N) is 1. The molecular weight excluding hydrogens is 409 g/mol. The van der Waals surface area contributed by atoms with Gasteiger partial charge in [0, 0.05) is 30.5 Å². The molecule has 2 aromatic carbocycles. The number of nitrogens with one attached hydrogen (secondary N) is 1. The first kappa shape index (κ1) is 22.4. The summed E-state index contributed by atoms with van der Waals surface area (Å²) in [5, 5.41) is 2.65. The Labute approximate surface area is 170 Å². The number of rotatable bonds is 7. The van der Waals surface area contributed by atoms with Gasteiger partial charge in [-0.1, -0.05) is 23.7 Å². The lowest BCUT2D eigenvalue weighted by molar-refractivity contribution is -0.137. The molecule has 29 heavy (non-hydrogen) atoms. The Bertz CT molecular complexity index is 899. The van der Waals surface area contributed by atoms with Crippen molar-refractivity contribution in [3.63, 3.8) is 0 Å². The highest BCUT2D eigenvalue weighted by atomic mass is 35.5. The first-order valence-electron chi connectivity index (χ1n) is 8.56. The van der Waals surface area contributed by atoms with Crippen LogP contribution in [0.25, 0.3) is 0 Å². The van der Waals surface area contributed by atoms with Gasteiger partial charge < -0.3 is 10.2 Å². The fourth-order valence-corrected chi connectivity index (χ4v) is 2.65. The quantitative estimate of drug-likeness (QED) is 0.666. The highest BCUT2D eigenvalue weighted by Crippen LogP contribution is 2.34. The summed E-state index contributed by atoms with van der Waals surface area (Å²) in [6.45, 7) is -0.444. The molecule has 154 valence electrons. The molecule has 0 heterocycles. The average molecular weight is 427 g/mol. The van der Waals surface area contributed by atoms with E-state index in [2.05, 4.69) is 5.32 Å². The van der Waals surface area contributed by atoms with E-state index in [1.807, 2.05) is 0 Å². The van der Waals surface area contributed by atoms with Crippen molar-refractivity contribution >= 4 is 34.9 Å². The molecule has 9 heteroatoms. The molecule has 0 aliphatic carbocycles. The van der Waals surface area contributed by atoms with Crippen LogP contribution < -0.4 is 5.32 Å². The number of hydrogen-bond donors (Lipinski definition) is 1. The minimum atomic E-state index is -4.62.